The standard InChI is InChI=1S/C28H37FN6O5/c1-17(29)15-39-28(37)35-11-9-34(10-12-35)27-18(2)25(24-19(3)33-40-20(24)4)31-26(32-27)21-7-6-8-23(13-21)38-16-22(36)14-30-5/h6-8,13,17,22,30,36H,9-12,14-16H2,1-5H3. The van der Waals surface area contributed by atoms with E-state index in [0.717, 1.165) is 28.2 Å². The van der Waals surface area contributed by atoms with E-state index in [1.54, 1.807) is 11.9 Å². The molecule has 1 aromatic carbocycles. The van der Waals surface area contributed by atoms with Gasteiger partial charge in [-0.2, -0.15) is 0 Å². The predicted octanol–water partition coefficient (Wildman–Crippen LogP) is 3.30. The zero-order chi connectivity index (χ0) is 28.8. The maximum absolute atomic E-state index is 13.1. The summed E-state index contributed by atoms with van der Waals surface area (Å²) < 4.78 is 29.4. The fourth-order valence-corrected chi connectivity index (χ4v) is 4.60. The summed E-state index contributed by atoms with van der Waals surface area (Å²) in [4.78, 5) is 25.9. The molecular weight excluding hydrogens is 519 g/mol. The number of nitrogens with one attached hydrogen (secondary N) is 1. The van der Waals surface area contributed by atoms with Gasteiger partial charge in [0.05, 0.1) is 17.0 Å². The number of halogens is 1. The van der Waals surface area contributed by atoms with Gasteiger partial charge in [-0.25, -0.2) is 19.2 Å². The van der Waals surface area contributed by atoms with Crippen LogP contribution in [0, 0.1) is 20.8 Å². The van der Waals surface area contributed by atoms with Crippen molar-refractivity contribution >= 4 is 11.9 Å². The van der Waals surface area contributed by atoms with E-state index in [2.05, 4.69) is 15.4 Å². The van der Waals surface area contributed by atoms with Crippen molar-refractivity contribution in [3.8, 4) is 28.4 Å². The molecule has 2 aromatic heterocycles. The van der Waals surface area contributed by atoms with Crippen LogP contribution in [0.3, 0.4) is 0 Å². The number of anilines is 1. The minimum Gasteiger partial charge on any atom is -0.491 e. The van der Waals surface area contributed by atoms with Crippen LogP contribution in [0.5, 0.6) is 5.75 Å². The highest BCUT2D eigenvalue weighted by molar-refractivity contribution is 5.75. The van der Waals surface area contributed by atoms with Crippen LogP contribution in [0.4, 0.5) is 15.0 Å². The molecule has 1 aliphatic rings. The summed E-state index contributed by atoms with van der Waals surface area (Å²) in [6, 6.07) is 7.43. The number of carbonyl (C=O) groups excluding carboxylic acids is 1. The summed E-state index contributed by atoms with van der Waals surface area (Å²) in [5.41, 5.74) is 3.86. The molecular formula is C28H37FN6O5. The lowest BCUT2D eigenvalue weighted by Crippen LogP contribution is -2.49. The van der Waals surface area contributed by atoms with Crippen LogP contribution < -0.4 is 15.0 Å². The Morgan fingerprint density at radius 1 is 1.18 bits per heavy atom. The Balaban J connectivity index is 1.65. The molecule has 0 radical (unpaired) electrons. The number of ether oxygens (including phenoxy) is 2. The number of amides is 1. The van der Waals surface area contributed by atoms with Crippen molar-refractivity contribution in [2.24, 2.45) is 0 Å². The fraction of sp³-hybridized carbons (Fsp3) is 0.500. The normalized spacial score (nSPS) is 15.2. The van der Waals surface area contributed by atoms with Gasteiger partial charge in [0.15, 0.2) is 5.82 Å². The smallest absolute Gasteiger partial charge is 0.409 e. The van der Waals surface area contributed by atoms with E-state index in [1.807, 2.05) is 45.0 Å². The number of rotatable bonds is 10. The molecule has 2 unspecified atom stereocenters. The first-order chi connectivity index (χ1) is 19.2. The first-order valence-electron chi connectivity index (χ1n) is 13.4. The Bertz CT molecular complexity index is 1290. The fourth-order valence-electron chi connectivity index (χ4n) is 4.60. The highest BCUT2D eigenvalue weighted by atomic mass is 19.1. The molecule has 12 heteroatoms. The molecule has 0 saturated carbocycles. The number of hydrogen-bond donors (Lipinski definition) is 2. The first-order valence-corrected chi connectivity index (χ1v) is 13.4. The molecule has 216 valence electrons. The lowest BCUT2D eigenvalue weighted by Gasteiger charge is -2.35. The molecule has 1 aliphatic heterocycles. The van der Waals surface area contributed by atoms with Gasteiger partial charge in [-0.15, -0.1) is 0 Å². The Labute approximate surface area is 233 Å². The second-order valence-corrected chi connectivity index (χ2v) is 9.93. The molecule has 1 amide bonds. The zero-order valence-corrected chi connectivity index (χ0v) is 23.6. The van der Waals surface area contributed by atoms with Gasteiger partial charge in [0, 0.05) is 43.9 Å². The van der Waals surface area contributed by atoms with Gasteiger partial charge in [0.1, 0.15) is 42.8 Å². The molecule has 2 atom stereocenters. The van der Waals surface area contributed by atoms with Crippen molar-refractivity contribution in [1.82, 2.24) is 25.3 Å². The van der Waals surface area contributed by atoms with E-state index in [-0.39, 0.29) is 13.2 Å². The maximum atomic E-state index is 13.1. The molecule has 0 aliphatic carbocycles. The van der Waals surface area contributed by atoms with Crippen molar-refractivity contribution in [1.29, 1.82) is 0 Å². The number of hydrogen-bond acceptors (Lipinski definition) is 10. The minimum atomic E-state index is -1.21. The van der Waals surface area contributed by atoms with Gasteiger partial charge < -0.3 is 34.2 Å². The maximum Gasteiger partial charge on any atom is 0.409 e. The Morgan fingerprint density at radius 3 is 2.58 bits per heavy atom. The Hall–Kier alpha value is -3.77. The van der Waals surface area contributed by atoms with Gasteiger partial charge in [-0.1, -0.05) is 17.3 Å². The van der Waals surface area contributed by atoms with E-state index < -0.39 is 18.4 Å². The van der Waals surface area contributed by atoms with Crippen molar-refractivity contribution in [2.75, 3.05) is 57.9 Å². The molecule has 2 N–H and O–H groups in total. The van der Waals surface area contributed by atoms with E-state index >= 15 is 0 Å². The predicted molar refractivity (Wildman–Crippen MR) is 148 cm³/mol. The van der Waals surface area contributed by atoms with Gasteiger partial charge in [0.25, 0.3) is 0 Å². The van der Waals surface area contributed by atoms with E-state index in [1.165, 1.54) is 6.92 Å². The molecule has 3 aromatic rings. The van der Waals surface area contributed by atoms with Crippen LogP contribution in [0.25, 0.3) is 22.6 Å². The number of carbonyl (C=O) groups is 1. The summed E-state index contributed by atoms with van der Waals surface area (Å²) in [6.45, 7) is 9.22. The van der Waals surface area contributed by atoms with Crippen LogP contribution in [-0.4, -0.2) is 96.5 Å². The molecule has 1 fully saturated rings. The second kappa shape index (κ2) is 13.1. The number of piperazine rings is 1. The summed E-state index contributed by atoms with van der Waals surface area (Å²) in [7, 11) is 1.77. The largest absolute Gasteiger partial charge is 0.491 e. The topological polar surface area (TPSA) is 126 Å². The number of aryl methyl sites for hydroxylation is 2. The van der Waals surface area contributed by atoms with Gasteiger partial charge in [-0.3, -0.25) is 0 Å². The average Bonchev–Trinajstić information content (AvgIpc) is 3.28. The summed E-state index contributed by atoms with van der Waals surface area (Å²) in [5.74, 6) is 2.48. The van der Waals surface area contributed by atoms with E-state index in [9.17, 15) is 14.3 Å². The number of benzene rings is 1. The first kappa shape index (κ1) is 29.2. The zero-order valence-electron chi connectivity index (χ0n) is 23.6. The number of alkyl halides is 1. The highest BCUT2D eigenvalue weighted by Crippen LogP contribution is 2.35. The number of aliphatic hydroxyl groups is 1. The van der Waals surface area contributed by atoms with Crippen LogP contribution in [-0.2, 0) is 4.74 Å². The van der Waals surface area contributed by atoms with Gasteiger partial charge >= 0.3 is 6.09 Å². The second-order valence-electron chi connectivity index (χ2n) is 9.93. The number of aromatic nitrogens is 3. The quantitative estimate of drug-likeness (QED) is 0.384. The molecule has 4 rings (SSSR count). The third kappa shape index (κ3) is 6.86. The summed E-state index contributed by atoms with van der Waals surface area (Å²) in [5, 5.41) is 17.1. The van der Waals surface area contributed by atoms with Crippen molar-refractivity contribution in [3.05, 3.63) is 41.3 Å². The van der Waals surface area contributed by atoms with Crippen molar-refractivity contribution < 1.29 is 28.3 Å². The molecule has 0 bridgehead atoms. The number of aliphatic hydroxyl groups excluding tert-OH is 1. The third-order valence-corrected chi connectivity index (χ3v) is 6.64. The van der Waals surface area contributed by atoms with Gasteiger partial charge in [-0.05, 0) is 46.9 Å². The van der Waals surface area contributed by atoms with E-state index in [4.69, 9.17) is 24.0 Å². The van der Waals surface area contributed by atoms with Crippen molar-refractivity contribution in [2.45, 2.75) is 40.0 Å². The molecule has 11 nitrogen and oxygen atoms in total. The lowest BCUT2D eigenvalue weighted by atomic mass is 10.0. The highest BCUT2D eigenvalue weighted by Gasteiger charge is 2.27. The van der Waals surface area contributed by atoms with Crippen LogP contribution in [0.15, 0.2) is 28.8 Å². The molecule has 40 heavy (non-hydrogen) atoms. The van der Waals surface area contributed by atoms with Crippen LogP contribution in [0.2, 0.25) is 0 Å². The summed E-state index contributed by atoms with van der Waals surface area (Å²) in [6.07, 6.45) is -2.37. The summed E-state index contributed by atoms with van der Waals surface area (Å²) >= 11 is 0. The number of nitrogens with zero attached hydrogens (tertiary/aromatic N) is 5. The van der Waals surface area contributed by atoms with Gasteiger partial charge in [0.2, 0.25) is 0 Å². The third-order valence-electron chi connectivity index (χ3n) is 6.64. The number of likely N-dealkylation sites (N-methyl/N-ethyl adjacent to an activating group) is 1. The van der Waals surface area contributed by atoms with Crippen LogP contribution >= 0.6 is 0 Å². The molecule has 0 spiro atoms. The lowest BCUT2D eigenvalue weighted by molar-refractivity contribution is 0.0797. The monoisotopic (exact) mass is 556 g/mol. The minimum absolute atomic E-state index is 0.144. The van der Waals surface area contributed by atoms with Crippen molar-refractivity contribution in [3.63, 3.8) is 0 Å². The average molecular weight is 557 g/mol. The SMILES string of the molecule is CNCC(O)COc1cccc(-c2nc(-c3c(C)noc3C)c(C)c(N3CCN(C(=O)OCC(C)F)CC3)n2)c1. The molecule has 3 heterocycles. The molecule has 1 saturated heterocycles. The Kier molecular flexibility index (Phi) is 9.54. The van der Waals surface area contributed by atoms with Crippen LogP contribution in [0.1, 0.15) is 23.9 Å². The van der Waals surface area contributed by atoms with E-state index in [0.29, 0.717) is 55.8 Å². The Morgan fingerprint density at radius 2 is 1.93 bits per heavy atom.